The highest BCUT2D eigenvalue weighted by Crippen LogP contribution is 2.33. The summed E-state index contributed by atoms with van der Waals surface area (Å²) in [5, 5.41) is 3.40. The topological polar surface area (TPSA) is 39.7 Å². The molecule has 2 aromatic carbocycles. The normalized spacial score (nSPS) is 12.5. The molecule has 110 valence electrons. The van der Waals surface area contributed by atoms with Crippen molar-refractivity contribution in [2.45, 2.75) is 26.5 Å². The molecule has 1 N–H and O–H groups in total. The van der Waals surface area contributed by atoms with Gasteiger partial charge in [-0.25, -0.2) is 0 Å². The SMILES string of the molecule is CC(C)Oc1ccccc1NCc1ccc2c(c1)OCO2. The summed E-state index contributed by atoms with van der Waals surface area (Å²) in [5.74, 6) is 2.48. The number of fused-ring (bicyclic) bond motifs is 1. The molecule has 0 saturated heterocycles. The average Bonchev–Trinajstić information content (AvgIpc) is 2.93. The van der Waals surface area contributed by atoms with Gasteiger partial charge < -0.3 is 19.5 Å². The van der Waals surface area contributed by atoms with Crippen molar-refractivity contribution in [1.29, 1.82) is 0 Å². The number of ether oxygens (including phenoxy) is 3. The highest BCUT2D eigenvalue weighted by molar-refractivity contribution is 5.56. The molecule has 0 saturated carbocycles. The van der Waals surface area contributed by atoms with Crippen LogP contribution < -0.4 is 19.5 Å². The molecule has 21 heavy (non-hydrogen) atoms. The lowest BCUT2D eigenvalue weighted by Gasteiger charge is -2.15. The molecule has 4 heteroatoms. The van der Waals surface area contributed by atoms with Crippen LogP contribution in [0.4, 0.5) is 5.69 Å². The van der Waals surface area contributed by atoms with Crippen molar-refractivity contribution in [2.75, 3.05) is 12.1 Å². The summed E-state index contributed by atoms with van der Waals surface area (Å²) in [7, 11) is 0. The van der Waals surface area contributed by atoms with Crippen molar-refractivity contribution in [1.82, 2.24) is 0 Å². The Morgan fingerprint density at radius 3 is 2.76 bits per heavy atom. The van der Waals surface area contributed by atoms with Crippen LogP contribution in [0.25, 0.3) is 0 Å². The fourth-order valence-corrected chi connectivity index (χ4v) is 2.22. The Kier molecular flexibility index (Phi) is 3.86. The minimum absolute atomic E-state index is 0.151. The molecular weight excluding hydrogens is 266 g/mol. The van der Waals surface area contributed by atoms with E-state index in [-0.39, 0.29) is 6.10 Å². The van der Waals surface area contributed by atoms with Gasteiger partial charge in [-0.2, -0.15) is 0 Å². The van der Waals surface area contributed by atoms with Crippen LogP contribution in [0.15, 0.2) is 42.5 Å². The second-order valence-corrected chi connectivity index (χ2v) is 5.20. The molecule has 0 fully saturated rings. The summed E-state index contributed by atoms with van der Waals surface area (Å²) in [4.78, 5) is 0. The van der Waals surface area contributed by atoms with Gasteiger partial charge in [-0.1, -0.05) is 18.2 Å². The van der Waals surface area contributed by atoms with Gasteiger partial charge in [-0.05, 0) is 43.7 Å². The van der Waals surface area contributed by atoms with E-state index in [0.29, 0.717) is 13.3 Å². The Hall–Kier alpha value is -2.36. The molecule has 1 aliphatic rings. The predicted molar refractivity (Wildman–Crippen MR) is 82.1 cm³/mol. The summed E-state index contributed by atoms with van der Waals surface area (Å²) in [6.45, 7) is 5.05. The molecule has 0 amide bonds. The first-order valence-electron chi connectivity index (χ1n) is 7.10. The van der Waals surface area contributed by atoms with E-state index in [1.165, 1.54) is 0 Å². The summed E-state index contributed by atoms with van der Waals surface area (Å²) in [6, 6.07) is 13.9. The predicted octanol–water partition coefficient (Wildman–Crippen LogP) is 3.81. The van der Waals surface area contributed by atoms with E-state index in [1.807, 2.05) is 56.3 Å². The number of nitrogens with one attached hydrogen (secondary N) is 1. The van der Waals surface area contributed by atoms with E-state index in [1.54, 1.807) is 0 Å². The zero-order valence-electron chi connectivity index (χ0n) is 12.3. The summed E-state index contributed by atoms with van der Waals surface area (Å²) in [5.41, 5.74) is 2.13. The molecule has 2 aromatic rings. The zero-order valence-corrected chi connectivity index (χ0v) is 12.3. The zero-order chi connectivity index (χ0) is 14.7. The first-order chi connectivity index (χ1) is 10.2. The third kappa shape index (κ3) is 3.21. The van der Waals surface area contributed by atoms with E-state index in [9.17, 15) is 0 Å². The van der Waals surface area contributed by atoms with Gasteiger partial charge >= 0.3 is 0 Å². The van der Waals surface area contributed by atoms with Crippen molar-refractivity contribution < 1.29 is 14.2 Å². The number of benzene rings is 2. The fourth-order valence-electron chi connectivity index (χ4n) is 2.22. The van der Waals surface area contributed by atoms with Crippen LogP contribution in [0.3, 0.4) is 0 Å². The van der Waals surface area contributed by atoms with E-state index < -0.39 is 0 Å². The van der Waals surface area contributed by atoms with Crippen LogP contribution in [-0.4, -0.2) is 12.9 Å². The number of anilines is 1. The van der Waals surface area contributed by atoms with Crippen molar-refractivity contribution in [3.8, 4) is 17.2 Å². The smallest absolute Gasteiger partial charge is 0.231 e. The van der Waals surface area contributed by atoms with Crippen LogP contribution in [0.2, 0.25) is 0 Å². The Bertz CT molecular complexity index is 625. The van der Waals surface area contributed by atoms with Gasteiger partial charge in [0.15, 0.2) is 11.5 Å². The monoisotopic (exact) mass is 285 g/mol. The highest BCUT2D eigenvalue weighted by atomic mass is 16.7. The average molecular weight is 285 g/mol. The number of para-hydroxylation sites is 2. The second-order valence-electron chi connectivity index (χ2n) is 5.20. The summed E-state index contributed by atoms with van der Waals surface area (Å²) < 4.78 is 16.5. The summed E-state index contributed by atoms with van der Waals surface area (Å²) in [6.07, 6.45) is 0.151. The quantitative estimate of drug-likeness (QED) is 0.906. The fraction of sp³-hybridized carbons (Fsp3) is 0.294. The van der Waals surface area contributed by atoms with Gasteiger partial charge in [0.25, 0.3) is 0 Å². The van der Waals surface area contributed by atoms with Crippen LogP contribution >= 0.6 is 0 Å². The van der Waals surface area contributed by atoms with Crippen molar-refractivity contribution >= 4 is 5.69 Å². The maximum atomic E-state index is 5.80. The molecule has 0 unspecified atom stereocenters. The molecule has 0 aromatic heterocycles. The van der Waals surface area contributed by atoms with E-state index >= 15 is 0 Å². The van der Waals surface area contributed by atoms with E-state index in [4.69, 9.17) is 14.2 Å². The van der Waals surface area contributed by atoms with Crippen LogP contribution in [0, 0.1) is 0 Å². The van der Waals surface area contributed by atoms with E-state index in [2.05, 4.69) is 5.32 Å². The number of rotatable bonds is 5. The Morgan fingerprint density at radius 1 is 1.10 bits per heavy atom. The largest absolute Gasteiger partial charge is 0.489 e. The molecule has 1 heterocycles. The van der Waals surface area contributed by atoms with Gasteiger partial charge in [0.1, 0.15) is 5.75 Å². The van der Waals surface area contributed by atoms with Gasteiger partial charge in [-0.3, -0.25) is 0 Å². The summed E-state index contributed by atoms with van der Waals surface area (Å²) >= 11 is 0. The standard InChI is InChI=1S/C17H19NO3/c1-12(2)21-15-6-4-3-5-14(15)18-10-13-7-8-16-17(9-13)20-11-19-16/h3-9,12,18H,10-11H2,1-2H3. The molecule has 4 nitrogen and oxygen atoms in total. The Labute approximate surface area is 124 Å². The van der Waals surface area contributed by atoms with Crippen LogP contribution in [0.5, 0.6) is 17.2 Å². The first-order valence-corrected chi connectivity index (χ1v) is 7.10. The molecule has 1 aliphatic heterocycles. The number of hydrogen-bond donors (Lipinski definition) is 1. The van der Waals surface area contributed by atoms with Crippen molar-refractivity contribution in [3.05, 3.63) is 48.0 Å². The van der Waals surface area contributed by atoms with Gasteiger partial charge in [0.05, 0.1) is 11.8 Å². The third-order valence-electron chi connectivity index (χ3n) is 3.17. The number of hydrogen-bond acceptors (Lipinski definition) is 4. The lowest BCUT2D eigenvalue weighted by molar-refractivity contribution is 0.174. The third-order valence-corrected chi connectivity index (χ3v) is 3.17. The Balaban J connectivity index is 1.70. The molecule has 0 spiro atoms. The van der Waals surface area contributed by atoms with Gasteiger partial charge in [0.2, 0.25) is 6.79 Å². The molecule has 0 aliphatic carbocycles. The molecule has 0 atom stereocenters. The van der Waals surface area contributed by atoms with Crippen molar-refractivity contribution in [3.63, 3.8) is 0 Å². The minimum Gasteiger partial charge on any atom is -0.489 e. The molecule has 0 radical (unpaired) electrons. The minimum atomic E-state index is 0.151. The lowest BCUT2D eigenvalue weighted by Crippen LogP contribution is -2.08. The molecular formula is C17H19NO3. The maximum Gasteiger partial charge on any atom is 0.231 e. The van der Waals surface area contributed by atoms with Crippen molar-refractivity contribution in [2.24, 2.45) is 0 Å². The molecule has 3 rings (SSSR count). The molecule has 0 bridgehead atoms. The Morgan fingerprint density at radius 2 is 1.90 bits per heavy atom. The van der Waals surface area contributed by atoms with Gasteiger partial charge in [-0.15, -0.1) is 0 Å². The lowest BCUT2D eigenvalue weighted by atomic mass is 10.2. The van der Waals surface area contributed by atoms with Crippen LogP contribution in [-0.2, 0) is 6.54 Å². The van der Waals surface area contributed by atoms with Gasteiger partial charge in [0, 0.05) is 6.54 Å². The van der Waals surface area contributed by atoms with E-state index in [0.717, 1.165) is 28.5 Å². The highest BCUT2D eigenvalue weighted by Gasteiger charge is 2.13. The van der Waals surface area contributed by atoms with Crippen LogP contribution in [0.1, 0.15) is 19.4 Å². The maximum absolute atomic E-state index is 5.80. The second kappa shape index (κ2) is 5.95. The first kappa shape index (κ1) is 13.6.